The van der Waals surface area contributed by atoms with Gasteiger partial charge < -0.3 is 47.0 Å². The van der Waals surface area contributed by atoms with Crippen molar-refractivity contribution in [3.05, 3.63) is 27.8 Å². The molecule has 218 valence electrons. The smallest absolute Gasteiger partial charge is 0.322 e. The highest BCUT2D eigenvalue weighted by Gasteiger charge is 2.52. The number of nitrogens with one attached hydrogen (secondary N) is 2. The first-order chi connectivity index (χ1) is 18.2. The van der Waals surface area contributed by atoms with Crippen LogP contribution in [0.25, 0.3) is 0 Å². The SMILES string of the molecule is Cc1c(O)c2c(c(C)c1CCO)[C@@H](O)[C@](C)(CO)[C@H]2SC[C@H](NC(=O)CC[C@H](N)C(=O)O)C(=O)NCC(=O)O. The van der Waals surface area contributed by atoms with Gasteiger partial charge in [-0.1, -0.05) is 6.92 Å². The van der Waals surface area contributed by atoms with Crippen molar-refractivity contribution in [3.8, 4) is 5.75 Å². The van der Waals surface area contributed by atoms with E-state index in [-0.39, 0.29) is 37.4 Å². The number of aromatic hydroxyl groups is 1. The lowest BCUT2D eigenvalue weighted by Gasteiger charge is -2.33. The molecule has 39 heavy (non-hydrogen) atoms. The summed E-state index contributed by atoms with van der Waals surface area (Å²) in [5.74, 6) is -4.31. The fraction of sp³-hybridized carbons (Fsp3) is 0.600. The molecule has 2 amide bonds. The number of hydrogen-bond acceptors (Lipinski definition) is 10. The number of rotatable bonds is 14. The summed E-state index contributed by atoms with van der Waals surface area (Å²) in [4.78, 5) is 47.2. The molecule has 0 unspecified atom stereocenters. The van der Waals surface area contributed by atoms with Crippen LogP contribution in [0.2, 0.25) is 0 Å². The number of phenolic OH excluding ortho intramolecular Hbond substituents is 1. The van der Waals surface area contributed by atoms with E-state index in [1.54, 1.807) is 20.8 Å². The summed E-state index contributed by atoms with van der Waals surface area (Å²) in [6.07, 6.45) is -1.43. The Hall–Kier alpha value is -2.91. The van der Waals surface area contributed by atoms with Crippen molar-refractivity contribution in [2.75, 3.05) is 25.5 Å². The number of carbonyl (C=O) groups is 4. The van der Waals surface area contributed by atoms with Crippen LogP contribution >= 0.6 is 11.8 Å². The van der Waals surface area contributed by atoms with Crippen LogP contribution in [0.4, 0.5) is 0 Å². The number of thioether (sulfide) groups is 1. The molecular formula is C25H37N3O10S. The number of carboxylic acid groups (broad SMARTS) is 2. The molecule has 0 heterocycles. The zero-order valence-corrected chi connectivity index (χ0v) is 22.9. The Labute approximate surface area is 229 Å². The third-order valence-electron chi connectivity index (χ3n) is 7.17. The van der Waals surface area contributed by atoms with Crippen LogP contribution in [0, 0.1) is 19.3 Å². The number of aliphatic hydroxyl groups is 3. The summed E-state index contributed by atoms with van der Waals surface area (Å²) >= 11 is 1.08. The van der Waals surface area contributed by atoms with Gasteiger partial charge in [-0.15, -0.1) is 0 Å². The van der Waals surface area contributed by atoms with Gasteiger partial charge in [0.15, 0.2) is 0 Å². The Kier molecular flexibility index (Phi) is 11.1. The van der Waals surface area contributed by atoms with Crippen molar-refractivity contribution in [2.45, 2.75) is 63.5 Å². The number of hydrogen-bond donors (Lipinski definition) is 9. The van der Waals surface area contributed by atoms with E-state index in [4.69, 9.17) is 15.9 Å². The van der Waals surface area contributed by atoms with E-state index < -0.39 is 65.8 Å². The number of nitrogens with two attached hydrogens (primary N) is 1. The van der Waals surface area contributed by atoms with Crippen molar-refractivity contribution >= 4 is 35.5 Å². The number of fused-ring (bicyclic) bond motifs is 1. The molecular weight excluding hydrogens is 534 g/mol. The van der Waals surface area contributed by atoms with E-state index in [1.165, 1.54) is 0 Å². The topological polar surface area (TPSA) is 240 Å². The van der Waals surface area contributed by atoms with Crippen LogP contribution in [-0.4, -0.2) is 92.0 Å². The number of aliphatic hydroxyl groups excluding tert-OH is 3. The molecule has 1 aromatic carbocycles. The molecule has 0 radical (unpaired) electrons. The lowest BCUT2D eigenvalue weighted by atomic mass is 9.84. The van der Waals surface area contributed by atoms with Gasteiger partial charge in [-0.25, -0.2) is 0 Å². The quantitative estimate of drug-likeness (QED) is 0.134. The molecule has 0 spiro atoms. The molecule has 0 saturated carbocycles. The molecule has 5 atom stereocenters. The predicted octanol–water partition coefficient (Wildman–Crippen LogP) is -0.759. The van der Waals surface area contributed by atoms with Crippen molar-refractivity contribution in [1.29, 1.82) is 0 Å². The van der Waals surface area contributed by atoms with Crippen molar-refractivity contribution in [3.63, 3.8) is 0 Å². The highest BCUT2D eigenvalue weighted by molar-refractivity contribution is 7.99. The Morgan fingerprint density at radius 3 is 2.28 bits per heavy atom. The maximum Gasteiger partial charge on any atom is 0.322 e. The van der Waals surface area contributed by atoms with Gasteiger partial charge in [-0.05, 0) is 48.9 Å². The minimum absolute atomic E-state index is 0.105. The summed E-state index contributed by atoms with van der Waals surface area (Å²) in [5, 5.41) is 64.0. The molecule has 13 nitrogen and oxygen atoms in total. The minimum Gasteiger partial charge on any atom is -0.507 e. The maximum absolute atomic E-state index is 12.8. The Morgan fingerprint density at radius 1 is 1.10 bits per heavy atom. The Bertz CT molecular complexity index is 1110. The van der Waals surface area contributed by atoms with Crippen LogP contribution in [-0.2, 0) is 25.6 Å². The van der Waals surface area contributed by atoms with Crippen LogP contribution in [0.5, 0.6) is 5.75 Å². The van der Waals surface area contributed by atoms with Gasteiger partial charge in [0.25, 0.3) is 0 Å². The van der Waals surface area contributed by atoms with Crippen LogP contribution in [0.3, 0.4) is 0 Å². The summed E-state index contributed by atoms with van der Waals surface area (Å²) in [5.41, 5.74) is 6.91. The van der Waals surface area contributed by atoms with E-state index >= 15 is 0 Å². The van der Waals surface area contributed by atoms with Crippen molar-refractivity contribution in [1.82, 2.24) is 10.6 Å². The van der Waals surface area contributed by atoms with Gasteiger partial charge in [0.2, 0.25) is 11.8 Å². The number of benzene rings is 1. The van der Waals surface area contributed by atoms with E-state index in [0.717, 1.165) is 11.8 Å². The normalized spacial score (nSPS) is 21.6. The summed E-state index contributed by atoms with van der Waals surface area (Å²) in [6, 6.07) is -2.54. The van der Waals surface area contributed by atoms with Gasteiger partial charge >= 0.3 is 11.9 Å². The zero-order chi connectivity index (χ0) is 29.7. The van der Waals surface area contributed by atoms with E-state index in [2.05, 4.69) is 10.6 Å². The Balaban J connectivity index is 2.39. The van der Waals surface area contributed by atoms with E-state index in [1.807, 2.05) is 0 Å². The van der Waals surface area contributed by atoms with Gasteiger partial charge in [0.1, 0.15) is 24.4 Å². The largest absolute Gasteiger partial charge is 0.507 e. The minimum atomic E-state index is -1.30. The van der Waals surface area contributed by atoms with Crippen LogP contribution < -0.4 is 16.4 Å². The monoisotopic (exact) mass is 571 g/mol. The van der Waals surface area contributed by atoms with Crippen LogP contribution in [0.15, 0.2) is 0 Å². The van der Waals surface area contributed by atoms with Gasteiger partial charge in [-0.2, -0.15) is 11.8 Å². The first kappa shape index (κ1) is 32.3. The predicted molar refractivity (Wildman–Crippen MR) is 141 cm³/mol. The molecule has 1 aliphatic rings. The number of carbonyl (C=O) groups excluding carboxylic acids is 2. The second-order valence-electron chi connectivity index (χ2n) is 9.87. The second kappa shape index (κ2) is 13.4. The standard InChI is InChI=1S/C25H37N3O10S/c1-11-13(6-7-29)12(2)20(34)19-18(11)21(35)25(3,10-30)22(19)39-9-15(23(36)27-8-17(32)33)28-16(31)5-4-14(26)24(37)38/h14-15,21-22,29-30,34-35H,4-10,26H2,1-3H3,(H,27,36)(H,28,31)(H,32,33)(H,37,38)/t14-,15-,21+,22-,25-/m0/s1. The Morgan fingerprint density at radius 2 is 1.74 bits per heavy atom. The second-order valence-corrected chi connectivity index (χ2v) is 11.0. The third-order valence-corrected chi connectivity index (χ3v) is 8.80. The lowest BCUT2D eigenvalue weighted by Crippen LogP contribution is -2.49. The number of aliphatic carboxylic acids is 2. The summed E-state index contributed by atoms with van der Waals surface area (Å²) < 4.78 is 0. The maximum atomic E-state index is 12.8. The number of amides is 2. The van der Waals surface area contributed by atoms with Crippen LogP contribution in [0.1, 0.15) is 58.9 Å². The number of phenols is 1. The highest BCUT2D eigenvalue weighted by Crippen LogP contribution is 2.62. The summed E-state index contributed by atoms with van der Waals surface area (Å²) in [7, 11) is 0. The average Bonchev–Trinajstić information content (AvgIpc) is 3.11. The summed E-state index contributed by atoms with van der Waals surface area (Å²) in [6.45, 7) is 3.71. The fourth-order valence-corrected chi connectivity index (χ4v) is 6.42. The molecule has 0 aromatic heterocycles. The first-order valence-corrected chi connectivity index (χ1v) is 13.4. The average molecular weight is 572 g/mol. The van der Waals surface area contributed by atoms with Gasteiger partial charge in [0, 0.05) is 35.0 Å². The molecule has 0 bridgehead atoms. The molecule has 10 N–H and O–H groups in total. The third kappa shape index (κ3) is 7.00. The first-order valence-electron chi connectivity index (χ1n) is 12.3. The molecule has 0 saturated heterocycles. The molecule has 14 heteroatoms. The molecule has 0 fully saturated rings. The van der Waals surface area contributed by atoms with Gasteiger partial charge in [-0.3, -0.25) is 19.2 Å². The van der Waals surface area contributed by atoms with Crippen molar-refractivity contribution < 1.29 is 49.8 Å². The zero-order valence-electron chi connectivity index (χ0n) is 22.1. The molecule has 1 aromatic rings. The van der Waals surface area contributed by atoms with Gasteiger partial charge in [0.05, 0.1) is 12.7 Å². The fourth-order valence-electron chi connectivity index (χ4n) is 4.81. The van der Waals surface area contributed by atoms with E-state index in [0.29, 0.717) is 27.8 Å². The molecule has 0 aliphatic heterocycles. The van der Waals surface area contributed by atoms with E-state index in [9.17, 15) is 39.6 Å². The lowest BCUT2D eigenvalue weighted by molar-refractivity contribution is -0.139. The molecule has 2 rings (SSSR count). The van der Waals surface area contributed by atoms with Crippen molar-refractivity contribution in [2.24, 2.45) is 11.1 Å². The molecule has 1 aliphatic carbocycles. The number of carboxylic acids is 2. The highest BCUT2D eigenvalue weighted by atomic mass is 32.2.